The highest BCUT2D eigenvalue weighted by Crippen LogP contribution is 2.36. The molecule has 2 aromatic carbocycles. The number of aromatic nitrogens is 2. The summed E-state index contributed by atoms with van der Waals surface area (Å²) >= 11 is 0. The van der Waals surface area contributed by atoms with Gasteiger partial charge in [-0.25, -0.2) is 0 Å². The second-order valence-electron chi connectivity index (χ2n) is 7.77. The molecule has 152 valence electrons. The zero-order valence-corrected chi connectivity index (χ0v) is 16.5. The number of aromatic amines is 1. The van der Waals surface area contributed by atoms with E-state index in [9.17, 15) is 9.59 Å². The predicted molar refractivity (Wildman–Crippen MR) is 116 cm³/mol. The number of anilines is 1. The van der Waals surface area contributed by atoms with E-state index in [0.29, 0.717) is 32.6 Å². The molecule has 3 aromatic rings. The fraction of sp³-hybridized carbons (Fsp3) is 0.261. The van der Waals surface area contributed by atoms with E-state index in [1.165, 1.54) is 0 Å². The van der Waals surface area contributed by atoms with Gasteiger partial charge in [0, 0.05) is 30.2 Å². The van der Waals surface area contributed by atoms with Crippen LogP contribution in [0.5, 0.6) is 0 Å². The summed E-state index contributed by atoms with van der Waals surface area (Å²) in [5.41, 5.74) is 2.14. The fourth-order valence-electron chi connectivity index (χ4n) is 4.50. The number of nitrogens with one attached hydrogen (secondary N) is 2. The summed E-state index contributed by atoms with van der Waals surface area (Å²) in [5, 5.41) is 11.2. The third-order valence-corrected chi connectivity index (χ3v) is 6.19. The Morgan fingerprint density at radius 2 is 1.77 bits per heavy atom. The van der Waals surface area contributed by atoms with Gasteiger partial charge in [0.25, 0.3) is 0 Å². The predicted octanol–water partition coefficient (Wildman–Crippen LogP) is 2.53. The summed E-state index contributed by atoms with van der Waals surface area (Å²) in [6, 6.07) is 17.8. The molecule has 2 aliphatic heterocycles. The number of amides is 2. The molecule has 0 saturated carbocycles. The number of rotatable bonds is 3. The van der Waals surface area contributed by atoms with Crippen LogP contribution in [0.4, 0.5) is 5.69 Å². The molecule has 1 spiro atoms. The quantitative estimate of drug-likeness (QED) is 0.661. The molecule has 2 N–H and O–H groups in total. The van der Waals surface area contributed by atoms with Crippen molar-refractivity contribution >= 4 is 34.5 Å². The Bertz CT molecular complexity index is 1110. The van der Waals surface area contributed by atoms with Crippen molar-refractivity contribution in [1.82, 2.24) is 20.4 Å². The average Bonchev–Trinajstić information content (AvgIpc) is 3.35. The number of fused-ring (bicyclic) bond motifs is 1. The first-order chi connectivity index (χ1) is 14.7. The zero-order chi connectivity index (χ0) is 20.6. The fourth-order valence-corrected chi connectivity index (χ4v) is 4.50. The van der Waals surface area contributed by atoms with E-state index in [4.69, 9.17) is 0 Å². The van der Waals surface area contributed by atoms with E-state index in [1.807, 2.05) is 59.5 Å². The van der Waals surface area contributed by atoms with Crippen LogP contribution in [0.15, 0.2) is 60.7 Å². The Morgan fingerprint density at radius 3 is 2.57 bits per heavy atom. The van der Waals surface area contributed by atoms with Crippen LogP contribution in [-0.4, -0.2) is 52.2 Å². The lowest BCUT2D eigenvalue weighted by Gasteiger charge is -2.43. The topological polar surface area (TPSA) is 81.3 Å². The number of nitrogens with zero attached hydrogens (tertiary/aromatic N) is 3. The van der Waals surface area contributed by atoms with Crippen molar-refractivity contribution in [3.63, 3.8) is 0 Å². The molecular weight excluding hydrogens is 378 g/mol. The van der Waals surface area contributed by atoms with Gasteiger partial charge in [-0.2, -0.15) is 5.10 Å². The number of benzene rings is 2. The highest BCUT2D eigenvalue weighted by Gasteiger charge is 2.50. The SMILES string of the molecule is O=C(C=Cc1n[nH]c2ccccc12)N1CCC2(CC1)C(=O)NCN2c1ccccc1. The van der Waals surface area contributed by atoms with Crippen molar-refractivity contribution in [3.05, 3.63) is 66.4 Å². The summed E-state index contributed by atoms with van der Waals surface area (Å²) in [6.07, 6.45) is 4.55. The molecule has 0 atom stereocenters. The second kappa shape index (κ2) is 7.33. The Labute approximate surface area is 174 Å². The van der Waals surface area contributed by atoms with Crippen molar-refractivity contribution in [2.24, 2.45) is 0 Å². The molecule has 2 saturated heterocycles. The Hall–Kier alpha value is -3.61. The smallest absolute Gasteiger partial charge is 0.247 e. The zero-order valence-electron chi connectivity index (χ0n) is 16.5. The van der Waals surface area contributed by atoms with Crippen LogP contribution in [0, 0.1) is 0 Å². The van der Waals surface area contributed by atoms with Gasteiger partial charge in [0.1, 0.15) is 5.54 Å². The monoisotopic (exact) mass is 401 g/mol. The Kier molecular flexibility index (Phi) is 4.50. The normalized spacial score (nSPS) is 18.5. The van der Waals surface area contributed by atoms with Gasteiger partial charge >= 0.3 is 0 Å². The Balaban J connectivity index is 1.29. The van der Waals surface area contributed by atoms with Gasteiger partial charge in [-0.3, -0.25) is 14.7 Å². The van der Waals surface area contributed by atoms with Gasteiger partial charge < -0.3 is 15.1 Å². The molecule has 5 rings (SSSR count). The lowest BCUT2D eigenvalue weighted by Crippen LogP contribution is -2.57. The minimum absolute atomic E-state index is 0.0528. The highest BCUT2D eigenvalue weighted by molar-refractivity contribution is 5.96. The highest BCUT2D eigenvalue weighted by atomic mass is 16.2. The van der Waals surface area contributed by atoms with Gasteiger partial charge in [0.2, 0.25) is 11.8 Å². The van der Waals surface area contributed by atoms with Crippen molar-refractivity contribution in [2.75, 3.05) is 24.7 Å². The number of likely N-dealkylation sites (tertiary alicyclic amines) is 1. The maximum absolute atomic E-state index is 12.8. The second-order valence-corrected chi connectivity index (χ2v) is 7.77. The van der Waals surface area contributed by atoms with E-state index < -0.39 is 5.54 Å². The first kappa shape index (κ1) is 18.4. The lowest BCUT2D eigenvalue weighted by molar-refractivity contribution is -0.131. The molecule has 2 aliphatic rings. The first-order valence-electron chi connectivity index (χ1n) is 10.2. The molecule has 7 nitrogen and oxygen atoms in total. The van der Waals surface area contributed by atoms with Gasteiger partial charge in [-0.1, -0.05) is 36.4 Å². The minimum atomic E-state index is -0.583. The molecule has 30 heavy (non-hydrogen) atoms. The van der Waals surface area contributed by atoms with Crippen LogP contribution in [0.25, 0.3) is 17.0 Å². The molecule has 0 bridgehead atoms. The van der Waals surface area contributed by atoms with E-state index in [-0.39, 0.29) is 11.8 Å². The number of para-hydroxylation sites is 2. The van der Waals surface area contributed by atoms with E-state index in [0.717, 1.165) is 22.3 Å². The molecule has 2 fully saturated rings. The van der Waals surface area contributed by atoms with Crippen LogP contribution in [0.1, 0.15) is 18.5 Å². The summed E-state index contributed by atoms with van der Waals surface area (Å²) in [4.78, 5) is 29.4. The van der Waals surface area contributed by atoms with Crippen molar-refractivity contribution < 1.29 is 9.59 Å². The third-order valence-electron chi connectivity index (χ3n) is 6.19. The Morgan fingerprint density at radius 1 is 1.03 bits per heavy atom. The standard InChI is InChI=1S/C23H23N5O2/c29-21(11-10-20-18-8-4-5-9-19(18)25-26-20)27-14-12-23(13-15-27)22(30)24-16-28(23)17-6-2-1-3-7-17/h1-11H,12-16H2,(H,24,30)(H,25,26). The van der Waals surface area contributed by atoms with Crippen LogP contribution in [-0.2, 0) is 9.59 Å². The number of hydrogen-bond acceptors (Lipinski definition) is 4. The number of carbonyl (C=O) groups excluding carboxylic acids is 2. The van der Waals surface area contributed by atoms with Gasteiger partial charge in [0.15, 0.2) is 0 Å². The number of piperidine rings is 1. The molecule has 0 radical (unpaired) electrons. The number of carbonyl (C=O) groups is 2. The van der Waals surface area contributed by atoms with Gasteiger partial charge in [0.05, 0.1) is 17.9 Å². The van der Waals surface area contributed by atoms with Crippen molar-refractivity contribution in [2.45, 2.75) is 18.4 Å². The van der Waals surface area contributed by atoms with Crippen molar-refractivity contribution in [1.29, 1.82) is 0 Å². The maximum Gasteiger partial charge on any atom is 0.247 e. The molecule has 0 aliphatic carbocycles. The van der Waals surface area contributed by atoms with Crippen molar-refractivity contribution in [3.8, 4) is 0 Å². The lowest BCUT2D eigenvalue weighted by atomic mass is 9.85. The maximum atomic E-state index is 12.8. The van der Waals surface area contributed by atoms with E-state index in [1.54, 1.807) is 12.2 Å². The van der Waals surface area contributed by atoms with Gasteiger partial charge in [-0.05, 0) is 37.1 Å². The molecule has 2 amide bonds. The average molecular weight is 401 g/mol. The van der Waals surface area contributed by atoms with E-state index >= 15 is 0 Å². The summed E-state index contributed by atoms with van der Waals surface area (Å²) in [5.74, 6) is -0.00131. The first-order valence-corrected chi connectivity index (χ1v) is 10.2. The summed E-state index contributed by atoms with van der Waals surface area (Å²) < 4.78 is 0. The molecule has 3 heterocycles. The third kappa shape index (κ3) is 3.03. The van der Waals surface area contributed by atoms with Crippen LogP contribution >= 0.6 is 0 Å². The summed E-state index contributed by atoms with van der Waals surface area (Å²) in [7, 11) is 0. The summed E-state index contributed by atoms with van der Waals surface area (Å²) in [6.45, 7) is 1.59. The van der Waals surface area contributed by atoms with Crippen LogP contribution in [0.3, 0.4) is 0 Å². The molecule has 7 heteroatoms. The van der Waals surface area contributed by atoms with Gasteiger partial charge in [-0.15, -0.1) is 0 Å². The largest absolute Gasteiger partial charge is 0.339 e. The minimum Gasteiger partial charge on any atom is -0.339 e. The van der Waals surface area contributed by atoms with Crippen LogP contribution in [0.2, 0.25) is 0 Å². The number of H-pyrrole nitrogens is 1. The molecule has 0 unspecified atom stereocenters. The number of hydrogen-bond donors (Lipinski definition) is 2. The molecule has 1 aromatic heterocycles. The molecular formula is C23H23N5O2. The van der Waals surface area contributed by atoms with Crippen LogP contribution < -0.4 is 10.2 Å². The van der Waals surface area contributed by atoms with E-state index in [2.05, 4.69) is 20.4 Å².